The Kier molecular flexibility index (Phi) is 5.05. The predicted octanol–water partition coefficient (Wildman–Crippen LogP) is 1.57. The summed E-state index contributed by atoms with van der Waals surface area (Å²) >= 11 is 0. The van der Waals surface area contributed by atoms with Crippen LogP contribution in [0.15, 0.2) is 16.5 Å². The summed E-state index contributed by atoms with van der Waals surface area (Å²) < 4.78 is 6.98. The van der Waals surface area contributed by atoms with Crippen LogP contribution in [0.2, 0.25) is 0 Å². The van der Waals surface area contributed by atoms with Crippen molar-refractivity contribution in [3.63, 3.8) is 0 Å². The Bertz CT molecular complexity index is 717. The number of anilines is 1. The van der Waals surface area contributed by atoms with E-state index in [0.717, 1.165) is 17.7 Å². The Morgan fingerprint density at radius 3 is 2.70 bits per heavy atom. The molecule has 0 aliphatic rings. The highest BCUT2D eigenvalue weighted by Gasteiger charge is 2.14. The SMILES string of the molecule is CCc1nn(C)c(NC(=O)NCc2ccc(C(=O)NC)o2)c1C. The summed E-state index contributed by atoms with van der Waals surface area (Å²) in [5, 5.41) is 12.3. The lowest BCUT2D eigenvalue weighted by molar-refractivity contribution is 0.0934. The van der Waals surface area contributed by atoms with Crippen LogP contribution in [0.1, 0.15) is 34.5 Å². The molecule has 2 heterocycles. The summed E-state index contributed by atoms with van der Waals surface area (Å²) in [5.74, 6) is 1.05. The van der Waals surface area contributed by atoms with Crippen LogP contribution in [0.4, 0.5) is 10.6 Å². The number of carbonyl (C=O) groups is 2. The first kappa shape index (κ1) is 16.6. The molecule has 0 saturated carbocycles. The van der Waals surface area contributed by atoms with E-state index < -0.39 is 0 Å². The maximum absolute atomic E-state index is 12.0. The van der Waals surface area contributed by atoms with Gasteiger partial charge in [-0.2, -0.15) is 5.10 Å². The fourth-order valence-electron chi connectivity index (χ4n) is 2.23. The standard InChI is InChI=1S/C15H21N5O3/c1-5-11-9(2)13(20(4)19-11)18-15(22)17-8-10-6-7-12(23-10)14(21)16-3/h6-7H,5,8H2,1-4H3,(H,16,21)(H2,17,18,22). The van der Waals surface area contributed by atoms with Crippen molar-refractivity contribution >= 4 is 17.8 Å². The Morgan fingerprint density at radius 2 is 2.09 bits per heavy atom. The molecule has 23 heavy (non-hydrogen) atoms. The van der Waals surface area contributed by atoms with Crippen LogP contribution in [-0.4, -0.2) is 28.8 Å². The van der Waals surface area contributed by atoms with Crippen molar-refractivity contribution in [2.45, 2.75) is 26.8 Å². The van der Waals surface area contributed by atoms with Gasteiger partial charge in [-0.05, 0) is 25.5 Å². The van der Waals surface area contributed by atoms with Crippen molar-refractivity contribution in [1.82, 2.24) is 20.4 Å². The second-order valence-corrected chi connectivity index (χ2v) is 5.05. The molecule has 0 aromatic carbocycles. The predicted molar refractivity (Wildman–Crippen MR) is 85.3 cm³/mol. The molecule has 3 amide bonds. The van der Waals surface area contributed by atoms with E-state index in [1.165, 1.54) is 7.05 Å². The number of hydrogen-bond acceptors (Lipinski definition) is 4. The van der Waals surface area contributed by atoms with Crippen LogP contribution >= 0.6 is 0 Å². The molecule has 0 aliphatic carbocycles. The van der Waals surface area contributed by atoms with Crippen LogP contribution in [0.25, 0.3) is 0 Å². The average molecular weight is 319 g/mol. The third-order valence-electron chi connectivity index (χ3n) is 3.48. The van der Waals surface area contributed by atoms with Gasteiger partial charge < -0.3 is 15.1 Å². The number of hydrogen-bond donors (Lipinski definition) is 3. The number of rotatable bonds is 5. The number of urea groups is 1. The molecular formula is C15H21N5O3. The van der Waals surface area contributed by atoms with Crippen LogP contribution < -0.4 is 16.0 Å². The van der Waals surface area contributed by atoms with Crippen molar-refractivity contribution in [3.8, 4) is 0 Å². The molecule has 0 spiro atoms. The third kappa shape index (κ3) is 3.71. The average Bonchev–Trinajstić information content (AvgIpc) is 3.12. The van der Waals surface area contributed by atoms with Crippen molar-refractivity contribution in [1.29, 1.82) is 0 Å². The first-order chi connectivity index (χ1) is 11.0. The summed E-state index contributed by atoms with van der Waals surface area (Å²) in [4.78, 5) is 23.4. The summed E-state index contributed by atoms with van der Waals surface area (Å²) in [6.45, 7) is 4.12. The lowest BCUT2D eigenvalue weighted by Gasteiger charge is -2.07. The second kappa shape index (κ2) is 6.99. The quantitative estimate of drug-likeness (QED) is 0.778. The van der Waals surface area contributed by atoms with Crippen molar-refractivity contribution in [2.24, 2.45) is 7.05 Å². The molecule has 2 aromatic heterocycles. The summed E-state index contributed by atoms with van der Waals surface area (Å²) in [6, 6.07) is 2.85. The van der Waals surface area contributed by atoms with Gasteiger partial charge in [0, 0.05) is 19.7 Å². The number of amides is 3. The zero-order valence-corrected chi connectivity index (χ0v) is 13.7. The highest BCUT2D eigenvalue weighted by molar-refractivity contribution is 5.91. The van der Waals surface area contributed by atoms with Gasteiger partial charge in [-0.1, -0.05) is 6.92 Å². The van der Waals surface area contributed by atoms with Crippen molar-refractivity contribution < 1.29 is 14.0 Å². The van der Waals surface area contributed by atoms with E-state index >= 15 is 0 Å². The first-order valence-corrected chi connectivity index (χ1v) is 7.34. The molecule has 8 nitrogen and oxygen atoms in total. The number of furan rings is 1. The van der Waals surface area contributed by atoms with Gasteiger partial charge in [0.1, 0.15) is 11.6 Å². The summed E-state index contributed by atoms with van der Waals surface area (Å²) in [7, 11) is 3.31. The molecule has 0 radical (unpaired) electrons. The van der Waals surface area contributed by atoms with Crippen molar-refractivity contribution in [3.05, 3.63) is 34.9 Å². The summed E-state index contributed by atoms with van der Waals surface area (Å²) in [5.41, 5.74) is 1.90. The molecular weight excluding hydrogens is 298 g/mol. The van der Waals surface area contributed by atoms with Gasteiger partial charge in [-0.3, -0.25) is 14.8 Å². The van der Waals surface area contributed by atoms with Gasteiger partial charge in [0.05, 0.1) is 12.2 Å². The van der Waals surface area contributed by atoms with Gasteiger partial charge in [0.15, 0.2) is 5.76 Å². The number of aryl methyl sites for hydroxylation is 2. The van der Waals surface area contributed by atoms with Crippen LogP contribution in [0.3, 0.4) is 0 Å². The van der Waals surface area contributed by atoms with Crippen LogP contribution in [0, 0.1) is 6.92 Å². The minimum absolute atomic E-state index is 0.181. The molecule has 0 atom stereocenters. The first-order valence-electron chi connectivity index (χ1n) is 7.34. The molecule has 0 saturated heterocycles. The maximum Gasteiger partial charge on any atom is 0.320 e. The smallest absolute Gasteiger partial charge is 0.320 e. The number of carbonyl (C=O) groups excluding carboxylic acids is 2. The third-order valence-corrected chi connectivity index (χ3v) is 3.48. The van der Waals surface area contributed by atoms with Gasteiger partial charge >= 0.3 is 6.03 Å². The molecule has 0 unspecified atom stereocenters. The van der Waals surface area contributed by atoms with Crippen molar-refractivity contribution in [2.75, 3.05) is 12.4 Å². The number of aromatic nitrogens is 2. The molecule has 2 aromatic rings. The highest BCUT2D eigenvalue weighted by atomic mass is 16.4. The van der Waals surface area contributed by atoms with E-state index in [1.54, 1.807) is 23.9 Å². The van der Waals surface area contributed by atoms with E-state index in [1.807, 2.05) is 13.8 Å². The van der Waals surface area contributed by atoms with Crippen LogP contribution in [0.5, 0.6) is 0 Å². The minimum atomic E-state index is -0.364. The summed E-state index contributed by atoms with van der Waals surface area (Å²) in [6.07, 6.45) is 0.803. The molecule has 2 rings (SSSR count). The van der Waals surface area contributed by atoms with E-state index in [4.69, 9.17) is 4.42 Å². The maximum atomic E-state index is 12.0. The Labute approximate surface area is 134 Å². The molecule has 0 fully saturated rings. The minimum Gasteiger partial charge on any atom is -0.454 e. The lowest BCUT2D eigenvalue weighted by Crippen LogP contribution is -2.29. The monoisotopic (exact) mass is 319 g/mol. The Morgan fingerprint density at radius 1 is 1.35 bits per heavy atom. The van der Waals surface area contributed by atoms with Gasteiger partial charge in [-0.15, -0.1) is 0 Å². The fourth-order valence-corrected chi connectivity index (χ4v) is 2.23. The van der Waals surface area contributed by atoms with E-state index in [9.17, 15) is 9.59 Å². The molecule has 0 aliphatic heterocycles. The van der Waals surface area contributed by atoms with Crippen LogP contribution in [-0.2, 0) is 20.0 Å². The normalized spacial score (nSPS) is 10.4. The Hall–Kier alpha value is -2.77. The van der Waals surface area contributed by atoms with Gasteiger partial charge in [0.25, 0.3) is 5.91 Å². The molecule has 3 N–H and O–H groups in total. The van der Waals surface area contributed by atoms with E-state index in [0.29, 0.717) is 11.6 Å². The lowest BCUT2D eigenvalue weighted by atomic mass is 10.2. The fraction of sp³-hybridized carbons (Fsp3) is 0.400. The van der Waals surface area contributed by atoms with Gasteiger partial charge in [-0.25, -0.2) is 4.79 Å². The second-order valence-electron chi connectivity index (χ2n) is 5.05. The zero-order chi connectivity index (χ0) is 17.0. The van der Waals surface area contributed by atoms with E-state index in [-0.39, 0.29) is 24.2 Å². The van der Waals surface area contributed by atoms with Gasteiger partial charge in [0.2, 0.25) is 0 Å². The number of nitrogens with one attached hydrogen (secondary N) is 3. The Balaban J connectivity index is 1.94. The molecule has 8 heteroatoms. The largest absolute Gasteiger partial charge is 0.454 e. The van der Waals surface area contributed by atoms with E-state index in [2.05, 4.69) is 21.0 Å². The zero-order valence-electron chi connectivity index (χ0n) is 13.7. The number of nitrogens with zero attached hydrogens (tertiary/aromatic N) is 2. The molecule has 124 valence electrons. The molecule has 0 bridgehead atoms. The highest BCUT2D eigenvalue weighted by Crippen LogP contribution is 2.18. The topological polar surface area (TPSA) is 101 Å².